The molecule has 4 aromatic carbocycles. The van der Waals surface area contributed by atoms with Gasteiger partial charge < -0.3 is 9.31 Å². The van der Waals surface area contributed by atoms with Crippen molar-refractivity contribution < 1.29 is 9.31 Å². The zero-order valence-corrected chi connectivity index (χ0v) is 21.3. The Morgan fingerprint density at radius 2 is 1.09 bits per heavy atom. The molecule has 0 N–H and O–H groups in total. The third-order valence-corrected chi connectivity index (χ3v) is 9.56. The van der Waals surface area contributed by atoms with Gasteiger partial charge in [0.1, 0.15) is 0 Å². The highest BCUT2D eigenvalue weighted by Crippen LogP contribution is 2.61. The summed E-state index contributed by atoms with van der Waals surface area (Å²) in [6, 6.07) is 33.4. The van der Waals surface area contributed by atoms with E-state index in [1.807, 2.05) is 11.8 Å². The molecule has 1 aliphatic carbocycles. The second kappa shape index (κ2) is 7.13. The highest BCUT2D eigenvalue weighted by molar-refractivity contribution is 7.99. The van der Waals surface area contributed by atoms with E-state index in [4.69, 9.17) is 9.31 Å². The summed E-state index contributed by atoms with van der Waals surface area (Å²) in [7, 11) is -0.415. The first-order valence-corrected chi connectivity index (χ1v) is 13.1. The topological polar surface area (TPSA) is 18.5 Å². The Bertz CT molecular complexity index is 1440. The maximum absolute atomic E-state index is 6.58. The van der Waals surface area contributed by atoms with Crippen LogP contribution in [0.1, 0.15) is 49.9 Å². The Hall–Kier alpha value is -2.79. The Morgan fingerprint density at radius 1 is 0.571 bits per heavy atom. The van der Waals surface area contributed by atoms with Gasteiger partial charge in [0.2, 0.25) is 0 Å². The lowest BCUT2D eigenvalue weighted by Crippen LogP contribution is -2.41. The number of hydrogen-bond donors (Lipinski definition) is 0. The van der Waals surface area contributed by atoms with Gasteiger partial charge >= 0.3 is 7.12 Å². The summed E-state index contributed by atoms with van der Waals surface area (Å²) in [5, 5.41) is 0. The van der Waals surface area contributed by atoms with Gasteiger partial charge in [0.25, 0.3) is 0 Å². The Morgan fingerprint density at radius 3 is 1.71 bits per heavy atom. The lowest BCUT2D eigenvalue weighted by Gasteiger charge is -2.39. The zero-order valence-electron chi connectivity index (χ0n) is 20.5. The maximum atomic E-state index is 6.58. The SMILES string of the molecule is CC1(C)OB(c2cccc3c2-c2ccccc2C32c3ccccc3Sc3ccccc32)OC1(C)C. The number of hydrogen-bond acceptors (Lipinski definition) is 3. The van der Waals surface area contributed by atoms with Crippen molar-refractivity contribution in [3.8, 4) is 11.1 Å². The molecule has 0 unspecified atom stereocenters. The first-order chi connectivity index (χ1) is 16.8. The summed E-state index contributed by atoms with van der Waals surface area (Å²) in [4.78, 5) is 2.63. The second-order valence-electron chi connectivity index (χ2n) is 10.7. The lowest BCUT2D eigenvalue weighted by molar-refractivity contribution is 0.00578. The summed E-state index contributed by atoms with van der Waals surface area (Å²) in [6.45, 7) is 8.49. The molecular weight excluding hydrogens is 447 g/mol. The highest BCUT2D eigenvalue weighted by atomic mass is 32.2. The van der Waals surface area contributed by atoms with Crippen molar-refractivity contribution in [3.63, 3.8) is 0 Å². The quantitative estimate of drug-likeness (QED) is 0.244. The van der Waals surface area contributed by atoms with Crippen LogP contribution in [0.25, 0.3) is 11.1 Å². The van der Waals surface area contributed by atoms with E-state index in [1.54, 1.807) is 0 Å². The number of rotatable bonds is 1. The molecule has 2 nitrogen and oxygen atoms in total. The van der Waals surface area contributed by atoms with Crippen LogP contribution < -0.4 is 5.46 Å². The monoisotopic (exact) mass is 474 g/mol. The minimum absolute atomic E-state index is 0.371. The van der Waals surface area contributed by atoms with Crippen molar-refractivity contribution in [1.82, 2.24) is 0 Å². The summed E-state index contributed by atoms with van der Waals surface area (Å²) in [6.07, 6.45) is 0. The smallest absolute Gasteiger partial charge is 0.399 e. The molecular formula is C31H27BO2S. The van der Waals surface area contributed by atoms with Crippen molar-refractivity contribution in [2.24, 2.45) is 0 Å². The molecule has 2 heterocycles. The molecule has 0 aromatic heterocycles. The van der Waals surface area contributed by atoms with Crippen molar-refractivity contribution >= 4 is 24.3 Å². The van der Waals surface area contributed by atoms with Crippen LogP contribution in [-0.4, -0.2) is 18.3 Å². The van der Waals surface area contributed by atoms with Crippen LogP contribution in [0.2, 0.25) is 0 Å². The maximum Gasteiger partial charge on any atom is 0.495 e. The van der Waals surface area contributed by atoms with Gasteiger partial charge in [-0.05, 0) is 78.7 Å². The zero-order chi connectivity index (χ0) is 24.0. The van der Waals surface area contributed by atoms with E-state index in [2.05, 4.69) is 119 Å². The lowest BCUT2D eigenvalue weighted by atomic mass is 9.66. The largest absolute Gasteiger partial charge is 0.495 e. The van der Waals surface area contributed by atoms with E-state index in [0.29, 0.717) is 0 Å². The average Bonchev–Trinajstić information content (AvgIpc) is 3.27. The van der Waals surface area contributed by atoms with Crippen LogP contribution in [0, 0.1) is 0 Å². The predicted octanol–water partition coefficient (Wildman–Crippen LogP) is 6.81. The van der Waals surface area contributed by atoms with Crippen LogP contribution in [0.15, 0.2) is 101 Å². The molecule has 1 saturated heterocycles. The summed E-state index contributed by atoms with van der Waals surface area (Å²) in [5.74, 6) is 0. The van der Waals surface area contributed by atoms with Crippen molar-refractivity contribution in [2.45, 2.75) is 54.1 Å². The Balaban J connectivity index is 1.58. The molecule has 3 aliphatic rings. The normalized spacial score (nSPS) is 19.7. The molecule has 4 heteroatoms. The molecule has 0 atom stereocenters. The van der Waals surface area contributed by atoms with Crippen LogP contribution in [-0.2, 0) is 14.7 Å². The van der Waals surface area contributed by atoms with Crippen LogP contribution >= 0.6 is 11.8 Å². The fraction of sp³-hybridized carbons (Fsp3) is 0.226. The third kappa shape index (κ3) is 2.71. The van der Waals surface area contributed by atoms with Crippen LogP contribution in [0.3, 0.4) is 0 Å². The van der Waals surface area contributed by atoms with Gasteiger partial charge in [-0.3, -0.25) is 0 Å². The molecule has 0 saturated carbocycles. The predicted molar refractivity (Wildman–Crippen MR) is 144 cm³/mol. The molecule has 35 heavy (non-hydrogen) atoms. The van der Waals surface area contributed by atoms with Gasteiger partial charge in [0.15, 0.2) is 0 Å². The summed E-state index contributed by atoms with van der Waals surface area (Å²) in [5.41, 5.74) is 7.81. The van der Waals surface area contributed by atoms with Crippen molar-refractivity contribution in [2.75, 3.05) is 0 Å². The first-order valence-electron chi connectivity index (χ1n) is 12.3. The van der Waals surface area contributed by atoms with E-state index in [1.165, 1.54) is 43.2 Å². The molecule has 0 radical (unpaired) electrons. The molecule has 0 amide bonds. The van der Waals surface area contributed by atoms with Crippen LogP contribution in [0.5, 0.6) is 0 Å². The van der Waals surface area contributed by atoms with Gasteiger partial charge in [-0.25, -0.2) is 0 Å². The van der Waals surface area contributed by atoms with E-state index < -0.39 is 18.3 Å². The van der Waals surface area contributed by atoms with Gasteiger partial charge in [0.05, 0.1) is 16.6 Å². The molecule has 2 aliphatic heterocycles. The third-order valence-electron chi connectivity index (χ3n) is 8.41. The Labute approximate surface area is 211 Å². The Kier molecular flexibility index (Phi) is 4.38. The molecule has 172 valence electrons. The highest BCUT2D eigenvalue weighted by Gasteiger charge is 2.55. The van der Waals surface area contributed by atoms with Gasteiger partial charge in [-0.1, -0.05) is 90.6 Å². The molecule has 0 bridgehead atoms. The minimum atomic E-state index is -0.415. The van der Waals surface area contributed by atoms with Gasteiger partial charge in [-0.15, -0.1) is 0 Å². The van der Waals surface area contributed by atoms with E-state index in [-0.39, 0.29) is 5.41 Å². The van der Waals surface area contributed by atoms with E-state index >= 15 is 0 Å². The minimum Gasteiger partial charge on any atom is -0.399 e. The van der Waals surface area contributed by atoms with Gasteiger partial charge in [-0.2, -0.15) is 0 Å². The van der Waals surface area contributed by atoms with Gasteiger partial charge in [0, 0.05) is 9.79 Å². The second-order valence-corrected chi connectivity index (χ2v) is 11.8. The fourth-order valence-corrected chi connectivity index (χ4v) is 7.29. The average molecular weight is 474 g/mol. The fourth-order valence-electron chi connectivity index (χ4n) is 6.10. The molecule has 1 spiro atoms. The molecule has 4 aromatic rings. The standard InChI is InChI=1S/C31H27BO2S/c1-29(2)30(3,4)34-32(33-29)25-17-11-16-24-28(25)20-12-5-6-13-21(20)31(24)22-14-7-9-18-26(22)35-27-19-10-8-15-23(27)31/h5-19H,1-4H3. The molecule has 1 fully saturated rings. The first kappa shape index (κ1) is 21.5. The number of fused-ring (bicyclic) bond motifs is 9. The van der Waals surface area contributed by atoms with Crippen molar-refractivity contribution in [3.05, 3.63) is 113 Å². The summed E-state index contributed by atoms with van der Waals surface area (Å²) >= 11 is 1.87. The van der Waals surface area contributed by atoms with E-state index in [9.17, 15) is 0 Å². The summed E-state index contributed by atoms with van der Waals surface area (Å²) < 4.78 is 13.2. The van der Waals surface area contributed by atoms with E-state index in [0.717, 1.165) is 5.46 Å². The molecule has 7 rings (SSSR count). The number of benzene rings is 4. The van der Waals surface area contributed by atoms with Crippen LogP contribution in [0.4, 0.5) is 0 Å². The van der Waals surface area contributed by atoms with Crippen molar-refractivity contribution in [1.29, 1.82) is 0 Å².